The van der Waals surface area contributed by atoms with Crippen molar-refractivity contribution >= 4 is 11.5 Å². The van der Waals surface area contributed by atoms with Crippen molar-refractivity contribution in [1.29, 1.82) is 0 Å². The van der Waals surface area contributed by atoms with Crippen molar-refractivity contribution in [2.24, 2.45) is 0 Å². The first-order valence-electron chi connectivity index (χ1n) is 9.47. The van der Waals surface area contributed by atoms with Crippen molar-refractivity contribution in [2.45, 2.75) is 39.3 Å². The van der Waals surface area contributed by atoms with E-state index in [1.165, 1.54) is 6.07 Å². The van der Waals surface area contributed by atoms with E-state index in [4.69, 9.17) is 0 Å². The Balaban J connectivity index is 1.63. The minimum Gasteiger partial charge on any atom is -0.349 e. The lowest BCUT2D eigenvalue weighted by atomic mass is 10.1. The number of benzene rings is 1. The monoisotopic (exact) mass is 391 g/mol. The topological polar surface area (TPSA) is 105 Å². The van der Waals surface area contributed by atoms with E-state index >= 15 is 0 Å². The zero-order chi connectivity index (χ0) is 20.5. The summed E-state index contributed by atoms with van der Waals surface area (Å²) in [6.45, 7) is 3.97. The van der Waals surface area contributed by atoms with Gasteiger partial charge in [-0.25, -0.2) is 9.97 Å². The Morgan fingerprint density at radius 3 is 2.59 bits per heavy atom. The molecule has 1 N–H and O–H groups in total. The molecule has 4 rings (SSSR count). The van der Waals surface area contributed by atoms with E-state index < -0.39 is 0 Å². The Kier molecular flexibility index (Phi) is 4.84. The summed E-state index contributed by atoms with van der Waals surface area (Å²) in [6, 6.07) is 10.9. The third-order valence-electron chi connectivity index (χ3n) is 5.23. The summed E-state index contributed by atoms with van der Waals surface area (Å²) in [5.41, 5.74) is 2.62. The molecule has 1 aliphatic carbocycles. The van der Waals surface area contributed by atoms with E-state index in [2.05, 4.69) is 19.9 Å². The Labute approximate surface area is 167 Å². The number of nitrogens with zero attached hydrogens (tertiary/aromatic N) is 4. The SMILES string of the molecule is Cc1nc(-c2ccc(N(Cc3ccccc3[N+](=O)[O-])C3CC3)nc2)[nH]c(=O)c1C. The number of H-pyrrole nitrogens is 1. The van der Waals surface area contributed by atoms with Gasteiger partial charge in [0, 0.05) is 40.7 Å². The van der Waals surface area contributed by atoms with Gasteiger partial charge >= 0.3 is 0 Å². The van der Waals surface area contributed by atoms with Crippen LogP contribution < -0.4 is 10.5 Å². The summed E-state index contributed by atoms with van der Waals surface area (Å²) in [7, 11) is 0. The predicted molar refractivity (Wildman–Crippen MR) is 110 cm³/mol. The van der Waals surface area contributed by atoms with Crippen molar-refractivity contribution in [3.63, 3.8) is 0 Å². The number of nitro benzene ring substituents is 1. The fourth-order valence-corrected chi connectivity index (χ4v) is 3.27. The van der Waals surface area contributed by atoms with Crippen molar-refractivity contribution in [3.05, 3.63) is 79.9 Å². The van der Waals surface area contributed by atoms with E-state index in [0.717, 1.165) is 24.2 Å². The highest BCUT2D eigenvalue weighted by Crippen LogP contribution is 2.34. The van der Waals surface area contributed by atoms with Gasteiger partial charge in [-0.2, -0.15) is 0 Å². The van der Waals surface area contributed by atoms with Crippen molar-refractivity contribution in [1.82, 2.24) is 15.0 Å². The molecule has 1 aliphatic rings. The number of aromatic amines is 1. The van der Waals surface area contributed by atoms with Crippen LogP contribution >= 0.6 is 0 Å². The maximum atomic E-state index is 12.0. The first-order valence-corrected chi connectivity index (χ1v) is 9.47. The lowest BCUT2D eigenvalue weighted by Gasteiger charge is -2.23. The van der Waals surface area contributed by atoms with Crippen molar-refractivity contribution < 1.29 is 4.92 Å². The highest BCUT2D eigenvalue weighted by Gasteiger charge is 2.31. The minimum atomic E-state index is -0.349. The number of nitro groups is 1. The van der Waals surface area contributed by atoms with Crippen molar-refractivity contribution in [2.75, 3.05) is 4.90 Å². The first kappa shape index (κ1) is 18.8. The Bertz CT molecular complexity index is 1120. The average molecular weight is 391 g/mol. The molecule has 0 bridgehead atoms. The zero-order valence-electron chi connectivity index (χ0n) is 16.3. The van der Waals surface area contributed by atoms with Gasteiger partial charge in [-0.05, 0) is 38.8 Å². The van der Waals surface area contributed by atoms with Gasteiger partial charge in [-0.15, -0.1) is 0 Å². The molecule has 3 aromatic rings. The molecule has 2 heterocycles. The number of aryl methyl sites for hydroxylation is 1. The molecule has 8 heteroatoms. The van der Waals surface area contributed by atoms with Gasteiger partial charge in [0.1, 0.15) is 11.6 Å². The highest BCUT2D eigenvalue weighted by molar-refractivity contribution is 5.57. The molecular formula is C21H21N5O3. The third kappa shape index (κ3) is 3.87. The van der Waals surface area contributed by atoms with E-state index in [0.29, 0.717) is 35.2 Å². The van der Waals surface area contributed by atoms with Crippen LogP contribution in [0, 0.1) is 24.0 Å². The fraction of sp³-hybridized carbons (Fsp3) is 0.286. The van der Waals surface area contributed by atoms with Crippen LogP contribution in [0.2, 0.25) is 0 Å². The molecule has 8 nitrogen and oxygen atoms in total. The van der Waals surface area contributed by atoms with Gasteiger partial charge in [0.05, 0.1) is 11.5 Å². The second-order valence-electron chi connectivity index (χ2n) is 7.27. The molecule has 0 radical (unpaired) electrons. The summed E-state index contributed by atoms with van der Waals surface area (Å²) < 4.78 is 0. The molecule has 148 valence electrons. The fourth-order valence-electron chi connectivity index (χ4n) is 3.27. The summed E-state index contributed by atoms with van der Waals surface area (Å²) in [5, 5.41) is 11.3. The van der Waals surface area contributed by atoms with Gasteiger partial charge in [0.2, 0.25) is 0 Å². The number of nitrogens with one attached hydrogen (secondary N) is 1. The van der Waals surface area contributed by atoms with Crippen LogP contribution in [-0.2, 0) is 6.54 Å². The smallest absolute Gasteiger partial charge is 0.274 e. The second kappa shape index (κ2) is 7.46. The van der Waals surface area contributed by atoms with E-state index in [9.17, 15) is 14.9 Å². The van der Waals surface area contributed by atoms with Gasteiger partial charge in [-0.1, -0.05) is 18.2 Å². The number of hydrogen-bond donors (Lipinski definition) is 1. The van der Waals surface area contributed by atoms with E-state index in [1.54, 1.807) is 32.2 Å². The predicted octanol–water partition coefficient (Wildman–Crippen LogP) is 3.53. The number of hydrogen-bond acceptors (Lipinski definition) is 6. The lowest BCUT2D eigenvalue weighted by Crippen LogP contribution is -2.26. The number of pyridine rings is 1. The van der Waals surface area contributed by atoms with Gasteiger partial charge in [-0.3, -0.25) is 14.9 Å². The second-order valence-corrected chi connectivity index (χ2v) is 7.27. The maximum absolute atomic E-state index is 12.0. The summed E-state index contributed by atoms with van der Waals surface area (Å²) >= 11 is 0. The first-order chi connectivity index (χ1) is 13.9. The lowest BCUT2D eigenvalue weighted by molar-refractivity contribution is -0.385. The molecule has 0 saturated heterocycles. The quantitative estimate of drug-likeness (QED) is 0.509. The Hall–Kier alpha value is -3.55. The van der Waals surface area contributed by atoms with E-state index in [-0.39, 0.29) is 16.2 Å². The molecular weight excluding hydrogens is 370 g/mol. The number of anilines is 1. The Morgan fingerprint density at radius 1 is 1.21 bits per heavy atom. The summed E-state index contributed by atoms with van der Waals surface area (Å²) in [4.78, 5) is 36.9. The van der Waals surface area contributed by atoms with Gasteiger partial charge in [0.25, 0.3) is 11.2 Å². The van der Waals surface area contributed by atoms with Crippen molar-refractivity contribution in [3.8, 4) is 11.4 Å². The molecule has 0 aliphatic heterocycles. The zero-order valence-corrected chi connectivity index (χ0v) is 16.3. The number of aromatic nitrogens is 3. The molecule has 1 saturated carbocycles. The van der Waals surface area contributed by atoms with Crippen LogP contribution in [0.25, 0.3) is 11.4 Å². The normalized spacial score (nSPS) is 13.3. The summed E-state index contributed by atoms with van der Waals surface area (Å²) in [5.74, 6) is 1.23. The molecule has 0 atom stereocenters. The minimum absolute atomic E-state index is 0.117. The molecule has 29 heavy (non-hydrogen) atoms. The van der Waals surface area contributed by atoms with Gasteiger partial charge in [0.15, 0.2) is 0 Å². The molecule has 0 spiro atoms. The van der Waals surface area contributed by atoms with Crippen LogP contribution in [0.5, 0.6) is 0 Å². The molecule has 1 aromatic carbocycles. The average Bonchev–Trinajstić information content (AvgIpc) is 3.55. The van der Waals surface area contributed by atoms with E-state index in [1.807, 2.05) is 18.2 Å². The molecule has 1 fully saturated rings. The molecule has 2 aromatic heterocycles. The summed E-state index contributed by atoms with van der Waals surface area (Å²) in [6.07, 6.45) is 3.75. The van der Waals surface area contributed by atoms with Crippen LogP contribution in [0.4, 0.5) is 11.5 Å². The highest BCUT2D eigenvalue weighted by atomic mass is 16.6. The van der Waals surface area contributed by atoms with Crippen LogP contribution in [0.3, 0.4) is 0 Å². The molecule has 0 amide bonds. The largest absolute Gasteiger partial charge is 0.349 e. The van der Waals surface area contributed by atoms with Gasteiger partial charge < -0.3 is 9.88 Å². The van der Waals surface area contributed by atoms with Crippen LogP contribution in [0.1, 0.15) is 29.7 Å². The number of para-hydroxylation sites is 1. The molecule has 0 unspecified atom stereocenters. The third-order valence-corrected chi connectivity index (χ3v) is 5.23. The number of rotatable bonds is 6. The maximum Gasteiger partial charge on any atom is 0.274 e. The van der Waals surface area contributed by atoms with Crippen LogP contribution in [0.15, 0.2) is 47.4 Å². The standard InChI is InChI=1S/C21H21N5O3/c1-13-14(2)23-20(24-21(13)27)15-7-10-19(22-11-15)25(17-8-9-17)12-16-5-3-4-6-18(16)26(28)29/h3-7,10-11,17H,8-9,12H2,1-2H3,(H,23,24,27). The van der Waals surface area contributed by atoms with Crippen LogP contribution in [-0.4, -0.2) is 25.9 Å². The Morgan fingerprint density at radius 2 is 1.97 bits per heavy atom.